The van der Waals surface area contributed by atoms with Gasteiger partial charge >= 0.3 is 6.18 Å². The van der Waals surface area contributed by atoms with Crippen molar-refractivity contribution in [1.29, 1.82) is 0 Å². The van der Waals surface area contributed by atoms with E-state index in [2.05, 4.69) is 0 Å². The highest BCUT2D eigenvalue weighted by Gasteiger charge is 2.53. The molecule has 1 aromatic carbocycles. The van der Waals surface area contributed by atoms with E-state index in [-0.39, 0.29) is 23.2 Å². The van der Waals surface area contributed by atoms with Gasteiger partial charge in [-0.15, -0.1) is 0 Å². The summed E-state index contributed by atoms with van der Waals surface area (Å²) in [4.78, 5) is 14.3. The lowest BCUT2D eigenvalue weighted by atomic mass is 9.69. The zero-order chi connectivity index (χ0) is 18.7. The largest absolute Gasteiger partial charge is 0.416 e. The second-order valence-electron chi connectivity index (χ2n) is 8.86. The van der Waals surface area contributed by atoms with Crippen LogP contribution in [0.15, 0.2) is 24.3 Å². The van der Waals surface area contributed by atoms with Crippen molar-refractivity contribution in [2.45, 2.75) is 56.7 Å². The molecule has 2 aliphatic carbocycles. The van der Waals surface area contributed by atoms with Gasteiger partial charge in [-0.1, -0.05) is 18.2 Å². The zero-order valence-electron chi connectivity index (χ0n) is 14.9. The van der Waals surface area contributed by atoms with E-state index in [4.69, 9.17) is 0 Å². The molecule has 1 spiro atoms. The molecule has 0 radical (unpaired) electrons. The number of rotatable bonds is 2. The van der Waals surface area contributed by atoms with E-state index in [1.165, 1.54) is 12.1 Å². The van der Waals surface area contributed by atoms with Gasteiger partial charge in [0.25, 0.3) is 0 Å². The Hall–Kier alpha value is -1.56. The molecule has 1 amide bonds. The molecular weight excluding hydrogens is 343 g/mol. The van der Waals surface area contributed by atoms with Crippen molar-refractivity contribution in [3.8, 4) is 0 Å². The number of amides is 1. The summed E-state index contributed by atoms with van der Waals surface area (Å²) in [6.07, 6.45) is -0.567. The van der Waals surface area contributed by atoms with Gasteiger partial charge < -0.3 is 10.0 Å². The monoisotopic (exact) mass is 367 g/mol. The van der Waals surface area contributed by atoms with Crippen LogP contribution in [0.4, 0.5) is 13.2 Å². The van der Waals surface area contributed by atoms with Gasteiger partial charge in [0.2, 0.25) is 5.91 Å². The Bertz CT molecular complexity index is 714. The minimum absolute atomic E-state index is 0.0667. The Morgan fingerprint density at radius 3 is 2.54 bits per heavy atom. The number of alkyl halides is 3. The van der Waals surface area contributed by atoms with Crippen molar-refractivity contribution in [1.82, 2.24) is 4.90 Å². The van der Waals surface area contributed by atoms with Crippen LogP contribution in [0.3, 0.4) is 0 Å². The van der Waals surface area contributed by atoms with E-state index in [1.54, 1.807) is 13.0 Å². The van der Waals surface area contributed by atoms with E-state index in [0.29, 0.717) is 25.9 Å². The maximum atomic E-state index is 12.9. The lowest BCUT2D eigenvalue weighted by Crippen LogP contribution is -2.61. The van der Waals surface area contributed by atoms with Crippen LogP contribution in [-0.2, 0) is 11.0 Å². The Morgan fingerprint density at radius 2 is 1.92 bits per heavy atom. The van der Waals surface area contributed by atoms with Gasteiger partial charge in [0.05, 0.1) is 11.2 Å². The first kappa shape index (κ1) is 17.8. The van der Waals surface area contributed by atoms with E-state index < -0.39 is 17.3 Å². The van der Waals surface area contributed by atoms with Gasteiger partial charge in [-0.2, -0.15) is 13.2 Å². The highest BCUT2D eigenvalue weighted by Crippen LogP contribution is 2.53. The third-order valence-corrected chi connectivity index (χ3v) is 6.47. The van der Waals surface area contributed by atoms with Gasteiger partial charge in [0, 0.05) is 24.4 Å². The van der Waals surface area contributed by atoms with Crippen LogP contribution in [0.5, 0.6) is 0 Å². The first-order valence-electron chi connectivity index (χ1n) is 9.25. The fraction of sp³-hybridized carbons (Fsp3) is 0.650. The molecule has 142 valence electrons. The van der Waals surface area contributed by atoms with Crippen LogP contribution in [0.2, 0.25) is 0 Å². The van der Waals surface area contributed by atoms with Crippen LogP contribution in [-0.4, -0.2) is 34.6 Å². The molecule has 2 saturated carbocycles. The second kappa shape index (κ2) is 5.72. The Morgan fingerprint density at radius 1 is 1.23 bits per heavy atom. The SMILES string of the molecule is CC1(O)CC(C(=O)N2CC3(CC[C@@H](c4cccc(C(F)(F)F)c4)C3)C2)C1. The van der Waals surface area contributed by atoms with Crippen LogP contribution in [0, 0.1) is 11.3 Å². The summed E-state index contributed by atoms with van der Waals surface area (Å²) in [5.41, 5.74) is -0.457. The Kier molecular flexibility index (Phi) is 3.92. The molecular formula is C20H24F3NO2. The Balaban J connectivity index is 1.36. The summed E-state index contributed by atoms with van der Waals surface area (Å²) < 4.78 is 38.8. The number of nitrogens with zero attached hydrogens (tertiary/aromatic N) is 1. The highest BCUT2D eigenvalue weighted by atomic mass is 19.4. The van der Waals surface area contributed by atoms with E-state index in [0.717, 1.165) is 30.9 Å². The third-order valence-electron chi connectivity index (χ3n) is 6.47. The highest BCUT2D eigenvalue weighted by molar-refractivity contribution is 5.81. The van der Waals surface area contributed by atoms with E-state index >= 15 is 0 Å². The molecule has 0 aromatic heterocycles. The molecule has 3 aliphatic rings. The van der Waals surface area contributed by atoms with Gasteiger partial charge in [-0.05, 0) is 56.6 Å². The lowest BCUT2D eigenvalue weighted by Gasteiger charge is -2.52. The number of carbonyl (C=O) groups is 1. The maximum Gasteiger partial charge on any atom is 0.416 e. The number of aliphatic hydroxyl groups is 1. The number of benzene rings is 1. The Labute approximate surface area is 151 Å². The van der Waals surface area contributed by atoms with Crippen molar-refractivity contribution >= 4 is 5.91 Å². The molecule has 0 bridgehead atoms. The normalized spacial score (nSPS) is 33.0. The average Bonchev–Trinajstić information content (AvgIpc) is 2.95. The van der Waals surface area contributed by atoms with Crippen molar-refractivity contribution < 1.29 is 23.1 Å². The predicted octanol–water partition coefficient (Wildman–Crippen LogP) is 3.96. The smallest absolute Gasteiger partial charge is 0.390 e. The summed E-state index contributed by atoms with van der Waals surface area (Å²) >= 11 is 0. The van der Waals surface area contributed by atoms with Gasteiger partial charge in [0.15, 0.2) is 0 Å². The molecule has 1 aromatic rings. The molecule has 1 aliphatic heterocycles. The first-order valence-corrected chi connectivity index (χ1v) is 9.25. The molecule has 3 fully saturated rings. The predicted molar refractivity (Wildman–Crippen MR) is 90.4 cm³/mol. The fourth-order valence-electron chi connectivity index (χ4n) is 5.10. The minimum atomic E-state index is -4.31. The van der Waals surface area contributed by atoms with Crippen molar-refractivity contribution in [3.05, 3.63) is 35.4 Å². The second-order valence-corrected chi connectivity index (χ2v) is 8.86. The average molecular weight is 367 g/mol. The molecule has 26 heavy (non-hydrogen) atoms. The summed E-state index contributed by atoms with van der Waals surface area (Å²) in [6, 6.07) is 5.67. The fourth-order valence-corrected chi connectivity index (χ4v) is 5.10. The number of hydrogen-bond donors (Lipinski definition) is 1. The number of likely N-dealkylation sites (tertiary alicyclic amines) is 1. The van der Waals surface area contributed by atoms with Gasteiger partial charge in [-0.25, -0.2) is 0 Å². The van der Waals surface area contributed by atoms with Gasteiger partial charge in [0.1, 0.15) is 0 Å². The van der Waals surface area contributed by atoms with Crippen molar-refractivity contribution in [3.63, 3.8) is 0 Å². The summed E-state index contributed by atoms with van der Waals surface area (Å²) in [6.45, 7) is 3.17. The zero-order valence-corrected chi connectivity index (χ0v) is 14.9. The van der Waals surface area contributed by atoms with Crippen LogP contribution < -0.4 is 0 Å². The minimum Gasteiger partial charge on any atom is -0.390 e. The lowest BCUT2D eigenvalue weighted by molar-refractivity contribution is -0.161. The number of halogens is 3. The molecule has 6 heteroatoms. The standard InChI is InChI=1S/C20H24F3NO2/c1-18(26)8-15(9-18)17(25)24-11-19(12-24)6-5-14(10-19)13-3-2-4-16(7-13)20(21,22)23/h2-4,7,14-15,26H,5-6,8-12H2,1H3/t14-,15?,18?/m1/s1. The quantitative estimate of drug-likeness (QED) is 0.860. The molecule has 4 rings (SSSR count). The van der Waals surface area contributed by atoms with Crippen LogP contribution in [0.1, 0.15) is 56.1 Å². The van der Waals surface area contributed by atoms with Crippen molar-refractivity contribution in [2.75, 3.05) is 13.1 Å². The summed E-state index contributed by atoms with van der Waals surface area (Å²) in [7, 11) is 0. The maximum absolute atomic E-state index is 12.9. The summed E-state index contributed by atoms with van der Waals surface area (Å²) in [5.74, 6) is 0.201. The van der Waals surface area contributed by atoms with Crippen LogP contribution in [0.25, 0.3) is 0 Å². The molecule has 1 atom stereocenters. The molecule has 1 saturated heterocycles. The molecule has 1 N–H and O–H groups in total. The van der Waals surface area contributed by atoms with E-state index in [9.17, 15) is 23.1 Å². The van der Waals surface area contributed by atoms with Crippen LogP contribution >= 0.6 is 0 Å². The third kappa shape index (κ3) is 3.13. The molecule has 1 heterocycles. The summed E-state index contributed by atoms with van der Waals surface area (Å²) in [5, 5.41) is 9.80. The topological polar surface area (TPSA) is 40.5 Å². The number of hydrogen-bond acceptors (Lipinski definition) is 2. The molecule has 0 unspecified atom stereocenters. The van der Waals surface area contributed by atoms with E-state index in [1.807, 2.05) is 4.90 Å². The van der Waals surface area contributed by atoms with Crippen molar-refractivity contribution in [2.24, 2.45) is 11.3 Å². The number of carbonyl (C=O) groups excluding carboxylic acids is 1. The van der Waals surface area contributed by atoms with Gasteiger partial charge in [-0.3, -0.25) is 4.79 Å². The first-order chi connectivity index (χ1) is 12.1. The molecule has 3 nitrogen and oxygen atoms in total.